The van der Waals surface area contributed by atoms with E-state index in [1.807, 2.05) is 15.8 Å². The number of carbonyl (C=O) groups excluding carboxylic acids is 1. The summed E-state index contributed by atoms with van der Waals surface area (Å²) in [6, 6.07) is 0.311. The molecule has 2 heterocycles. The highest BCUT2D eigenvalue weighted by Gasteiger charge is 2.42. The number of hydrogen-bond acceptors (Lipinski definition) is 4. The number of nitrogens with two attached hydrogens (primary N) is 1. The van der Waals surface area contributed by atoms with Crippen LogP contribution in [0, 0.1) is 11.8 Å². The lowest BCUT2D eigenvalue weighted by molar-refractivity contribution is -0.130. The number of rotatable bonds is 3. The topological polar surface area (TPSA) is 59.2 Å². The van der Waals surface area contributed by atoms with Gasteiger partial charge >= 0.3 is 0 Å². The molecule has 3 atom stereocenters. The molecule has 4 nitrogen and oxygen atoms in total. The molecule has 0 bridgehead atoms. The van der Waals surface area contributed by atoms with Crippen LogP contribution in [-0.4, -0.2) is 34.9 Å². The van der Waals surface area contributed by atoms with Crippen molar-refractivity contribution in [2.75, 3.05) is 13.1 Å². The quantitative estimate of drug-likeness (QED) is 0.924. The summed E-state index contributed by atoms with van der Waals surface area (Å²) in [5.41, 5.74) is 8.94. The molecule has 1 saturated carbocycles. The number of aryl methyl sites for hydroxylation is 1. The van der Waals surface area contributed by atoms with Gasteiger partial charge in [-0.3, -0.25) is 4.79 Å². The molecule has 1 aliphatic heterocycles. The van der Waals surface area contributed by atoms with Crippen LogP contribution in [0.3, 0.4) is 0 Å². The van der Waals surface area contributed by atoms with Gasteiger partial charge in [0, 0.05) is 30.9 Å². The van der Waals surface area contributed by atoms with Crippen LogP contribution in [0.2, 0.25) is 0 Å². The van der Waals surface area contributed by atoms with Gasteiger partial charge in [0.1, 0.15) is 0 Å². The largest absolute Gasteiger partial charge is 0.342 e. The first-order chi connectivity index (χ1) is 8.74. The van der Waals surface area contributed by atoms with E-state index < -0.39 is 0 Å². The zero-order chi connectivity index (χ0) is 12.5. The first-order valence-electron chi connectivity index (χ1n) is 6.64. The number of carbonyl (C=O) groups is 1. The summed E-state index contributed by atoms with van der Waals surface area (Å²) in [4.78, 5) is 18.4. The Morgan fingerprint density at radius 2 is 2.32 bits per heavy atom. The highest BCUT2D eigenvalue weighted by atomic mass is 35.5. The van der Waals surface area contributed by atoms with E-state index in [1.165, 1.54) is 6.42 Å². The molecule has 6 heteroatoms. The third kappa shape index (κ3) is 3.09. The summed E-state index contributed by atoms with van der Waals surface area (Å²) in [6.07, 6.45) is 3.68. The highest BCUT2D eigenvalue weighted by molar-refractivity contribution is 7.07. The van der Waals surface area contributed by atoms with Crippen molar-refractivity contribution >= 4 is 29.7 Å². The summed E-state index contributed by atoms with van der Waals surface area (Å²) in [5.74, 6) is 1.47. The summed E-state index contributed by atoms with van der Waals surface area (Å²) in [5, 5.41) is 2.02. The number of halogens is 1. The van der Waals surface area contributed by atoms with E-state index in [0.717, 1.165) is 31.6 Å². The highest BCUT2D eigenvalue weighted by Crippen LogP contribution is 2.37. The fourth-order valence-electron chi connectivity index (χ4n) is 3.27. The van der Waals surface area contributed by atoms with E-state index in [-0.39, 0.29) is 18.3 Å². The van der Waals surface area contributed by atoms with Crippen molar-refractivity contribution in [2.45, 2.75) is 31.7 Å². The molecule has 3 unspecified atom stereocenters. The van der Waals surface area contributed by atoms with Crippen molar-refractivity contribution in [3.05, 3.63) is 16.6 Å². The fourth-order valence-corrected chi connectivity index (χ4v) is 3.86. The molecule has 1 saturated heterocycles. The van der Waals surface area contributed by atoms with E-state index in [4.69, 9.17) is 5.73 Å². The number of hydrogen-bond donors (Lipinski definition) is 1. The van der Waals surface area contributed by atoms with Gasteiger partial charge in [0.25, 0.3) is 0 Å². The van der Waals surface area contributed by atoms with E-state index in [2.05, 4.69) is 4.98 Å². The van der Waals surface area contributed by atoms with E-state index in [1.54, 1.807) is 11.3 Å². The van der Waals surface area contributed by atoms with Gasteiger partial charge in [0.05, 0.1) is 11.2 Å². The average Bonchev–Trinajstić information content (AvgIpc) is 3.05. The van der Waals surface area contributed by atoms with E-state index >= 15 is 0 Å². The molecule has 2 N–H and O–H groups in total. The maximum atomic E-state index is 12.1. The van der Waals surface area contributed by atoms with Gasteiger partial charge in [0.15, 0.2) is 0 Å². The van der Waals surface area contributed by atoms with Crippen molar-refractivity contribution in [1.82, 2.24) is 9.88 Å². The lowest BCUT2D eigenvalue weighted by Crippen LogP contribution is -2.33. The Morgan fingerprint density at radius 1 is 1.47 bits per heavy atom. The second-order valence-electron chi connectivity index (χ2n) is 5.44. The van der Waals surface area contributed by atoms with Crippen molar-refractivity contribution < 1.29 is 4.79 Å². The molecule has 2 aliphatic rings. The predicted molar refractivity (Wildman–Crippen MR) is 78.5 cm³/mol. The Kier molecular flexibility index (Phi) is 4.81. The number of fused-ring (bicyclic) bond motifs is 1. The standard InChI is InChI=1S/C13H19N3OS.ClH/c14-12-3-1-9-5-16(6-11(9)12)13(17)4-2-10-7-18-8-15-10;/h7-9,11-12H,1-6,14H2;1H. The minimum atomic E-state index is 0. The van der Waals surface area contributed by atoms with Gasteiger partial charge in [-0.2, -0.15) is 0 Å². The predicted octanol–water partition coefficient (Wildman–Crippen LogP) is 1.69. The van der Waals surface area contributed by atoms with Crippen molar-refractivity contribution in [2.24, 2.45) is 17.6 Å². The second-order valence-corrected chi connectivity index (χ2v) is 6.16. The number of likely N-dealkylation sites (tertiary alicyclic amines) is 1. The van der Waals surface area contributed by atoms with Gasteiger partial charge in [-0.1, -0.05) is 0 Å². The van der Waals surface area contributed by atoms with Crippen LogP contribution in [0.15, 0.2) is 10.9 Å². The average molecular weight is 302 g/mol. The summed E-state index contributed by atoms with van der Waals surface area (Å²) in [7, 11) is 0. The Labute approximate surface area is 123 Å². The number of amides is 1. The van der Waals surface area contributed by atoms with Crippen LogP contribution in [0.5, 0.6) is 0 Å². The Bertz CT molecular complexity index is 426. The first kappa shape index (κ1) is 14.8. The summed E-state index contributed by atoms with van der Waals surface area (Å²) in [6.45, 7) is 1.80. The molecular weight excluding hydrogens is 282 g/mol. The second kappa shape index (κ2) is 6.20. The zero-order valence-corrected chi connectivity index (χ0v) is 12.5. The Balaban J connectivity index is 0.00000133. The van der Waals surface area contributed by atoms with E-state index in [0.29, 0.717) is 24.3 Å². The SMILES string of the molecule is Cl.NC1CCC2CN(C(=O)CCc3cscn3)CC12. The summed E-state index contributed by atoms with van der Waals surface area (Å²) >= 11 is 1.58. The number of aromatic nitrogens is 1. The normalized spacial score (nSPS) is 29.1. The van der Waals surface area contributed by atoms with Gasteiger partial charge in [-0.25, -0.2) is 4.98 Å². The van der Waals surface area contributed by atoms with Crippen LogP contribution in [0.4, 0.5) is 0 Å². The molecule has 1 amide bonds. The third-order valence-electron chi connectivity index (χ3n) is 4.34. The Morgan fingerprint density at radius 3 is 3.00 bits per heavy atom. The van der Waals surface area contributed by atoms with Crippen molar-refractivity contribution in [3.63, 3.8) is 0 Å². The molecule has 0 radical (unpaired) electrons. The van der Waals surface area contributed by atoms with Gasteiger partial charge in [0.2, 0.25) is 5.91 Å². The van der Waals surface area contributed by atoms with Gasteiger partial charge in [-0.05, 0) is 31.1 Å². The third-order valence-corrected chi connectivity index (χ3v) is 4.98. The molecule has 1 aromatic heterocycles. The minimum absolute atomic E-state index is 0. The zero-order valence-electron chi connectivity index (χ0n) is 10.8. The number of thiazole rings is 1. The molecule has 1 aliphatic carbocycles. The van der Waals surface area contributed by atoms with Crippen LogP contribution in [-0.2, 0) is 11.2 Å². The Hall–Kier alpha value is -0.650. The molecule has 106 valence electrons. The minimum Gasteiger partial charge on any atom is -0.342 e. The van der Waals surface area contributed by atoms with Crippen LogP contribution in [0.1, 0.15) is 25.0 Å². The number of nitrogens with zero attached hydrogens (tertiary/aromatic N) is 2. The van der Waals surface area contributed by atoms with E-state index in [9.17, 15) is 4.79 Å². The summed E-state index contributed by atoms with van der Waals surface area (Å²) < 4.78 is 0. The lowest BCUT2D eigenvalue weighted by Gasteiger charge is -2.18. The molecule has 3 rings (SSSR count). The molecule has 19 heavy (non-hydrogen) atoms. The molecule has 0 aromatic carbocycles. The monoisotopic (exact) mass is 301 g/mol. The maximum Gasteiger partial charge on any atom is 0.222 e. The molecule has 1 aromatic rings. The fraction of sp³-hybridized carbons (Fsp3) is 0.692. The maximum absolute atomic E-state index is 12.1. The molecule has 0 spiro atoms. The van der Waals surface area contributed by atoms with Crippen molar-refractivity contribution in [3.8, 4) is 0 Å². The van der Waals surface area contributed by atoms with Gasteiger partial charge in [-0.15, -0.1) is 23.7 Å². The van der Waals surface area contributed by atoms with Gasteiger partial charge < -0.3 is 10.6 Å². The van der Waals surface area contributed by atoms with Crippen LogP contribution >= 0.6 is 23.7 Å². The van der Waals surface area contributed by atoms with Crippen LogP contribution < -0.4 is 5.73 Å². The first-order valence-corrected chi connectivity index (χ1v) is 7.58. The van der Waals surface area contributed by atoms with Crippen LogP contribution in [0.25, 0.3) is 0 Å². The van der Waals surface area contributed by atoms with Crippen molar-refractivity contribution in [1.29, 1.82) is 0 Å². The molecule has 2 fully saturated rings. The smallest absolute Gasteiger partial charge is 0.222 e. The lowest BCUT2D eigenvalue weighted by atomic mass is 9.98. The molecular formula is C13H20ClN3OS.